The Kier molecular flexibility index (Phi) is 4.67. The van der Waals surface area contributed by atoms with Gasteiger partial charge in [-0.25, -0.2) is 9.97 Å². The first kappa shape index (κ1) is 15.2. The first-order chi connectivity index (χ1) is 10.1. The lowest BCUT2D eigenvalue weighted by atomic mass is 10.1. The number of benzene rings is 1. The van der Waals surface area contributed by atoms with E-state index in [1.165, 1.54) is 6.07 Å². The normalized spacial score (nSPS) is 10.8. The summed E-state index contributed by atoms with van der Waals surface area (Å²) in [5.74, 6) is 1.13. The molecule has 0 amide bonds. The molecule has 2 aromatic rings. The van der Waals surface area contributed by atoms with Gasteiger partial charge in [-0.2, -0.15) is 8.78 Å². The van der Waals surface area contributed by atoms with Gasteiger partial charge in [0, 0.05) is 18.3 Å². The summed E-state index contributed by atoms with van der Waals surface area (Å²) in [6.07, 6.45) is 0.730. The smallest absolute Gasteiger partial charge is 0.387 e. The molecule has 1 heterocycles. The Bertz CT molecular complexity index is 607. The number of halogens is 2. The monoisotopic (exact) mass is 293 g/mol. The minimum absolute atomic E-state index is 0.0699. The van der Waals surface area contributed by atoms with Gasteiger partial charge >= 0.3 is 6.61 Å². The summed E-state index contributed by atoms with van der Waals surface area (Å²) in [6.45, 7) is 1.03. The SMILES string of the molecule is CCc1nc(-c2ccccc2OC(F)F)nc(NC)c1C. The van der Waals surface area contributed by atoms with Crippen LogP contribution in [-0.4, -0.2) is 23.6 Å². The fourth-order valence-electron chi connectivity index (χ4n) is 2.12. The van der Waals surface area contributed by atoms with Gasteiger partial charge in [0.25, 0.3) is 0 Å². The topological polar surface area (TPSA) is 47.0 Å². The van der Waals surface area contributed by atoms with Crippen molar-refractivity contribution in [3.05, 3.63) is 35.5 Å². The van der Waals surface area contributed by atoms with Gasteiger partial charge in [-0.05, 0) is 25.5 Å². The third-order valence-corrected chi connectivity index (χ3v) is 3.16. The highest BCUT2D eigenvalue weighted by Gasteiger charge is 2.15. The van der Waals surface area contributed by atoms with Crippen LogP contribution in [0.5, 0.6) is 5.75 Å². The Balaban J connectivity index is 2.56. The van der Waals surface area contributed by atoms with Crippen LogP contribution in [0.2, 0.25) is 0 Å². The molecule has 1 aromatic carbocycles. The molecule has 21 heavy (non-hydrogen) atoms. The van der Waals surface area contributed by atoms with Crippen molar-refractivity contribution in [1.29, 1.82) is 0 Å². The maximum atomic E-state index is 12.5. The molecule has 0 saturated carbocycles. The van der Waals surface area contributed by atoms with E-state index in [-0.39, 0.29) is 5.75 Å². The van der Waals surface area contributed by atoms with E-state index in [1.54, 1.807) is 25.2 Å². The second-order valence-electron chi connectivity index (χ2n) is 4.45. The van der Waals surface area contributed by atoms with Gasteiger partial charge in [-0.3, -0.25) is 0 Å². The standard InChI is InChI=1S/C15H17F2N3O/c1-4-11-9(2)13(18-3)20-14(19-11)10-7-5-6-8-12(10)21-15(16)17/h5-8,15H,4H2,1-3H3,(H,18,19,20). The van der Waals surface area contributed by atoms with Gasteiger partial charge in [-0.1, -0.05) is 19.1 Å². The number of anilines is 1. The van der Waals surface area contributed by atoms with Crippen LogP contribution in [0.25, 0.3) is 11.4 Å². The van der Waals surface area contributed by atoms with Crippen LogP contribution < -0.4 is 10.1 Å². The van der Waals surface area contributed by atoms with Crippen molar-refractivity contribution < 1.29 is 13.5 Å². The number of rotatable bonds is 5. The lowest BCUT2D eigenvalue weighted by Gasteiger charge is -2.13. The van der Waals surface area contributed by atoms with Crippen LogP contribution >= 0.6 is 0 Å². The number of para-hydroxylation sites is 1. The molecular weight excluding hydrogens is 276 g/mol. The molecule has 1 N–H and O–H groups in total. The first-order valence-corrected chi connectivity index (χ1v) is 6.66. The van der Waals surface area contributed by atoms with Gasteiger partial charge in [0.2, 0.25) is 0 Å². The van der Waals surface area contributed by atoms with Crippen LogP contribution in [0.3, 0.4) is 0 Å². The van der Waals surface area contributed by atoms with Crippen LogP contribution in [0, 0.1) is 6.92 Å². The highest BCUT2D eigenvalue weighted by Crippen LogP contribution is 2.30. The second-order valence-corrected chi connectivity index (χ2v) is 4.45. The highest BCUT2D eigenvalue weighted by molar-refractivity contribution is 5.66. The third kappa shape index (κ3) is 3.26. The van der Waals surface area contributed by atoms with Crippen molar-refractivity contribution in [2.24, 2.45) is 0 Å². The molecule has 0 aliphatic heterocycles. The summed E-state index contributed by atoms with van der Waals surface area (Å²) in [5, 5.41) is 3.00. The van der Waals surface area contributed by atoms with E-state index in [9.17, 15) is 8.78 Å². The molecule has 0 saturated heterocycles. The predicted octanol–water partition coefficient (Wildman–Crippen LogP) is 3.66. The molecule has 0 atom stereocenters. The minimum Gasteiger partial charge on any atom is -0.434 e. The quantitative estimate of drug-likeness (QED) is 0.914. The zero-order chi connectivity index (χ0) is 15.4. The van der Waals surface area contributed by atoms with Gasteiger partial charge < -0.3 is 10.1 Å². The zero-order valence-corrected chi connectivity index (χ0v) is 12.2. The maximum absolute atomic E-state index is 12.5. The predicted molar refractivity (Wildman–Crippen MR) is 77.8 cm³/mol. The number of hydrogen-bond acceptors (Lipinski definition) is 4. The zero-order valence-electron chi connectivity index (χ0n) is 12.2. The summed E-state index contributed by atoms with van der Waals surface area (Å²) in [7, 11) is 1.76. The summed E-state index contributed by atoms with van der Waals surface area (Å²) >= 11 is 0. The summed E-state index contributed by atoms with van der Waals surface area (Å²) in [6, 6.07) is 6.52. The Morgan fingerprint density at radius 3 is 2.57 bits per heavy atom. The summed E-state index contributed by atoms with van der Waals surface area (Å²) in [4.78, 5) is 8.85. The fourth-order valence-corrected chi connectivity index (χ4v) is 2.12. The lowest BCUT2D eigenvalue weighted by Crippen LogP contribution is -2.07. The van der Waals surface area contributed by atoms with Crippen LogP contribution in [-0.2, 0) is 6.42 Å². The lowest BCUT2D eigenvalue weighted by molar-refractivity contribution is -0.0494. The van der Waals surface area contributed by atoms with Crippen molar-refractivity contribution in [1.82, 2.24) is 9.97 Å². The number of aryl methyl sites for hydroxylation is 1. The molecule has 2 rings (SSSR count). The number of hydrogen-bond donors (Lipinski definition) is 1. The average molecular weight is 293 g/mol. The minimum atomic E-state index is -2.88. The molecule has 0 unspecified atom stereocenters. The van der Waals surface area contributed by atoms with E-state index >= 15 is 0 Å². The second kappa shape index (κ2) is 6.47. The maximum Gasteiger partial charge on any atom is 0.387 e. The van der Waals surface area contributed by atoms with Crippen LogP contribution in [0.15, 0.2) is 24.3 Å². The summed E-state index contributed by atoms with van der Waals surface area (Å²) in [5.41, 5.74) is 2.27. The Morgan fingerprint density at radius 2 is 1.95 bits per heavy atom. The molecule has 112 valence electrons. The molecule has 0 bridgehead atoms. The van der Waals surface area contributed by atoms with E-state index < -0.39 is 6.61 Å². The molecule has 6 heteroatoms. The first-order valence-electron chi connectivity index (χ1n) is 6.66. The van der Waals surface area contributed by atoms with Crippen molar-refractivity contribution >= 4 is 5.82 Å². The van der Waals surface area contributed by atoms with Crippen LogP contribution in [0.4, 0.5) is 14.6 Å². The number of nitrogens with one attached hydrogen (secondary N) is 1. The highest BCUT2D eigenvalue weighted by atomic mass is 19.3. The van der Waals surface area contributed by atoms with E-state index in [4.69, 9.17) is 0 Å². The van der Waals surface area contributed by atoms with E-state index in [0.717, 1.165) is 17.7 Å². The van der Waals surface area contributed by atoms with Crippen molar-refractivity contribution in [2.45, 2.75) is 26.9 Å². The summed E-state index contributed by atoms with van der Waals surface area (Å²) < 4.78 is 29.5. The van der Waals surface area contributed by atoms with Gasteiger partial charge in [0.1, 0.15) is 11.6 Å². The molecule has 0 fully saturated rings. The average Bonchev–Trinajstić information content (AvgIpc) is 2.47. The molecular formula is C15H17F2N3O. The number of nitrogens with zero attached hydrogens (tertiary/aromatic N) is 2. The molecule has 0 spiro atoms. The van der Waals surface area contributed by atoms with Crippen LogP contribution in [0.1, 0.15) is 18.2 Å². The van der Waals surface area contributed by atoms with Gasteiger partial charge in [0.05, 0.1) is 5.56 Å². The molecule has 0 radical (unpaired) electrons. The largest absolute Gasteiger partial charge is 0.434 e. The Morgan fingerprint density at radius 1 is 1.24 bits per heavy atom. The molecule has 0 aliphatic rings. The Labute approximate surface area is 122 Å². The van der Waals surface area contributed by atoms with E-state index in [1.807, 2.05) is 13.8 Å². The molecule has 4 nitrogen and oxygen atoms in total. The number of ether oxygens (including phenoxy) is 1. The Hall–Kier alpha value is -2.24. The fraction of sp³-hybridized carbons (Fsp3) is 0.333. The van der Waals surface area contributed by atoms with Gasteiger partial charge in [0.15, 0.2) is 5.82 Å². The van der Waals surface area contributed by atoms with Gasteiger partial charge in [-0.15, -0.1) is 0 Å². The molecule has 1 aromatic heterocycles. The third-order valence-electron chi connectivity index (χ3n) is 3.16. The van der Waals surface area contributed by atoms with Crippen molar-refractivity contribution in [3.8, 4) is 17.1 Å². The van der Waals surface area contributed by atoms with E-state index in [2.05, 4.69) is 20.0 Å². The van der Waals surface area contributed by atoms with Crippen molar-refractivity contribution in [2.75, 3.05) is 12.4 Å². The number of aromatic nitrogens is 2. The van der Waals surface area contributed by atoms with E-state index in [0.29, 0.717) is 17.2 Å². The van der Waals surface area contributed by atoms with Crippen molar-refractivity contribution in [3.63, 3.8) is 0 Å². The number of alkyl halides is 2. The molecule has 0 aliphatic carbocycles.